The lowest BCUT2D eigenvalue weighted by atomic mass is 9.98. The molecule has 27 heavy (non-hydrogen) atoms. The van der Waals surface area contributed by atoms with Gasteiger partial charge in [0.1, 0.15) is 18.1 Å². The molecule has 0 N–H and O–H groups in total. The second-order valence-electron chi connectivity index (χ2n) is 7.67. The number of ether oxygens (including phenoxy) is 1. The van der Waals surface area contributed by atoms with Crippen molar-refractivity contribution in [2.75, 3.05) is 6.73 Å². The van der Waals surface area contributed by atoms with Gasteiger partial charge in [0.25, 0.3) is 0 Å². The number of aryl methyl sites for hydroxylation is 2. The van der Waals surface area contributed by atoms with Crippen molar-refractivity contribution in [2.45, 2.75) is 45.7 Å². The predicted octanol–water partition coefficient (Wildman–Crippen LogP) is 4.50. The first-order chi connectivity index (χ1) is 13.1. The Morgan fingerprint density at radius 2 is 1.89 bits per heavy atom. The molecule has 2 aliphatic rings. The SMILES string of the molecule is Cc1c2c(cc3c4c(c(=O)oc13)CCC4)CN(C(C)c1ccccc1)CO2. The summed E-state index contributed by atoms with van der Waals surface area (Å²) in [7, 11) is 0. The molecule has 5 rings (SSSR count). The van der Waals surface area contributed by atoms with Crippen molar-refractivity contribution in [3.63, 3.8) is 0 Å². The minimum atomic E-state index is -0.173. The van der Waals surface area contributed by atoms with Crippen LogP contribution in [0.25, 0.3) is 11.0 Å². The second-order valence-corrected chi connectivity index (χ2v) is 7.67. The highest BCUT2D eigenvalue weighted by Gasteiger charge is 2.28. The first-order valence-corrected chi connectivity index (χ1v) is 9.66. The van der Waals surface area contributed by atoms with Crippen LogP contribution in [-0.2, 0) is 19.4 Å². The smallest absolute Gasteiger partial charge is 0.339 e. The highest BCUT2D eigenvalue weighted by atomic mass is 16.5. The molecule has 0 radical (unpaired) electrons. The summed E-state index contributed by atoms with van der Waals surface area (Å²) in [6, 6.07) is 13.0. The van der Waals surface area contributed by atoms with E-state index >= 15 is 0 Å². The van der Waals surface area contributed by atoms with Crippen LogP contribution in [0, 0.1) is 6.92 Å². The van der Waals surface area contributed by atoms with E-state index in [0.717, 1.165) is 48.1 Å². The van der Waals surface area contributed by atoms with Crippen molar-refractivity contribution in [1.82, 2.24) is 4.90 Å². The Labute approximate surface area is 158 Å². The van der Waals surface area contributed by atoms with Crippen molar-refractivity contribution in [1.29, 1.82) is 0 Å². The molecule has 4 heteroatoms. The van der Waals surface area contributed by atoms with E-state index in [9.17, 15) is 4.79 Å². The summed E-state index contributed by atoms with van der Waals surface area (Å²) in [5, 5.41) is 1.09. The van der Waals surface area contributed by atoms with E-state index in [-0.39, 0.29) is 11.7 Å². The third kappa shape index (κ3) is 2.59. The molecule has 1 unspecified atom stereocenters. The molecular formula is C23H23NO3. The highest BCUT2D eigenvalue weighted by Crippen LogP contribution is 2.39. The third-order valence-electron chi connectivity index (χ3n) is 6.10. The van der Waals surface area contributed by atoms with Gasteiger partial charge < -0.3 is 9.15 Å². The molecule has 0 amide bonds. The maximum absolute atomic E-state index is 12.3. The van der Waals surface area contributed by atoms with Gasteiger partial charge in [0.05, 0.1) is 0 Å². The first-order valence-electron chi connectivity index (χ1n) is 9.66. The van der Waals surface area contributed by atoms with Gasteiger partial charge in [-0.15, -0.1) is 0 Å². The normalized spacial score (nSPS) is 17.4. The standard InChI is InChI=1S/C23H23NO3/c1-14-21-17(11-20-18-9-6-10-19(18)23(25)27-22(14)20)12-24(13-26-21)15(2)16-7-4-3-5-8-16/h3-5,7-8,11,15H,6,9-10,12-13H2,1-2H3. The minimum absolute atomic E-state index is 0.173. The predicted molar refractivity (Wildman–Crippen MR) is 105 cm³/mol. The van der Waals surface area contributed by atoms with Gasteiger partial charge in [-0.3, -0.25) is 4.90 Å². The highest BCUT2D eigenvalue weighted by molar-refractivity contribution is 5.87. The zero-order valence-electron chi connectivity index (χ0n) is 15.7. The summed E-state index contributed by atoms with van der Waals surface area (Å²) < 4.78 is 11.8. The van der Waals surface area contributed by atoms with E-state index < -0.39 is 0 Å². The number of hydrogen-bond donors (Lipinski definition) is 0. The van der Waals surface area contributed by atoms with Crippen LogP contribution in [0.3, 0.4) is 0 Å². The van der Waals surface area contributed by atoms with Gasteiger partial charge in [-0.2, -0.15) is 0 Å². The molecule has 2 heterocycles. The lowest BCUT2D eigenvalue weighted by Gasteiger charge is -2.34. The first kappa shape index (κ1) is 16.6. The van der Waals surface area contributed by atoms with Crippen LogP contribution < -0.4 is 10.4 Å². The van der Waals surface area contributed by atoms with Crippen molar-refractivity contribution < 1.29 is 9.15 Å². The fourth-order valence-electron chi connectivity index (χ4n) is 4.55. The zero-order valence-corrected chi connectivity index (χ0v) is 15.7. The molecule has 4 nitrogen and oxygen atoms in total. The Morgan fingerprint density at radius 3 is 2.70 bits per heavy atom. The second kappa shape index (κ2) is 6.24. The van der Waals surface area contributed by atoms with Gasteiger partial charge in [0.2, 0.25) is 0 Å². The van der Waals surface area contributed by atoms with Crippen LogP contribution >= 0.6 is 0 Å². The molecule has 0 fully saturated rings. The molecular weight excluding hydrogens is 338 g/mol. The summed E-state index contributed by atoms with van der Waals surface area (Å²) in [5.41, 5.74) is 5.98. The number of nitrogens with zero attached hydrogens (tertiary/aromatic N) is 1. The van der Waals surface area contributed by atoms with E-state index in [1.54, 1.807) is 0 Å². The lowest BCUT2D eigenvalue weighted by molar-refractivity contribution is 0.0613. The van der Waals surface area contributed by atoms with Crippen LogP contribution in [0.2, 0.25) is 0 Å². The van der Waals surface area contributed by atoms with E-state index in [1.165, 1.54) is 16.7 Å². The van der Waals surface area contributed by atoms with Gasteiger partial charge in [-0.25, -0.2) is 4.79 Å². The van der Waals surface area contributed by atoms with Crippen LogP contribution in [0.1, 0.15) is 47.2 Å². The number of hydrogen-bond acceptors (Lipinski definition) is 4. The van der Waals surface area contributed by atoms with Crippen molar-refractivity contribution in [3.05, 3.63) is 74.6 Å². The maximum atomic E-state index is 12.3. The van der Waals surface area contributed by atoms with Gasteiger partial charge in [0.15, 0.2) is 0 Å². The largest absolute Gasteiger partial charge is 0.477 e. The third-order valence-corrected chi connectivity index (χ3v) is 6.10. The molecule has 1 aromatic heterocycles. The van der Waals surface area contributed by atoms with Crippen LogP contribution in [0.5, 0.6) is 5.75 Å². The van der Waals surface area contributed by atoms with Gasteiger partial charge in [-0.1, -0.05) is 30.3 Å². The molecule has 2 aromatic carbocycles. The summed E-state index contributed by atoms with van der Waals surface area (Å²) in [4.78, 5) is 14.7. The van der Waals surface area contributed by atoms with E-state index in [1.807, 2.05) is 13.0 Å². The molecule has 0 spiro atoms. The van der Waals surface area contributed by atoms with Crippen LogP contribution in [0.15, 0.2) is 45.6 Å². The van der Waals surface area contributed by atoms with Crippen LogP contribution in [0.4, 0.5) is 0 Å². The monoisotopic (exact) mass is 361 g/mol. The molecule has 0 bridgehead atoms. The van der Waals surface area contributed by atoms with E-state index in [4.69, 9.17) is 9.15 Å². The number of benzene rings is 2. The van der Waals surface area contributed by atoms with Gasteiger partial charge in [0, 0.05) is 34.7 Å². The molecule has 0 saturated carbocycles. The Kier molecular flexibility index (Phi) is 3.83. The van der Waals surface area contributed by atoms with Crippen LogP contribution in [-0.4, -0.2) is 11.6 Å². The van der Waals surface area contributed by atoms with E-state index in [0.29, 0.717) is 12.3 Å². The molecule has 138 valence electrons. The molecule has 0 saturated heterocycles. The van der Waals surface area contributed by atoms with Crippen molar-refractivity contribution in [3.8, 4) is 5.75 Å². The molecule has 1 atom stereocenters. The van der Waals surface area contributed by atoms with E-state index in [2.05, 4.69) is 42.2 Å². The Hall–Kier alpha value is -2.59. The fourth-order valence-corrected chi connectivity index (χ4v) is 4.55. The topological polar surface area (TPSA) is 42.7 Å². The fraction of sp³-hybridized carbons (Fsp3) is 0.348. The average molecular weight is 361 g/mol. The summed E-state index contributed by atoms with van der Waals surface area (Å²) >= 11 is 0. The maximum Gasteiger partial charge on any atom is 0.339 e. The van der Waals surface area contributed by atoms with Gasteiger partial charge >= 0.3 is 5.63 Å². The number of fused-ring (bicyclic) bond motifs is 4. The Bertz CT molecular complexity index is 1080. The zero-order chi connectivity index (χ0) is 18.5. The number of rotatable bonds is 2. The molecule has 1 aliphatic carbocycles. The molecule has 1 aliphatic heterocycles. The summed E-state index contributed by atoms with van der Waals surface area (Å²) in [6.45, 7) is 5.58. The molecule has 3 aromatic rings. The quantitative estimate of drug-likeness (QED) is 0.630. The average Bonchev–Trinajstić information content (AvgIpc) is 3.20. The summed E-state index contributed by atoms with van der Waals surface area (Å²) in [5.74, 6) is 0.875. The summed E-state index contributed by atoms with van der Waals surface area (Å²) in [6.07, 6.45) is 2.82. The Morgan fingerprint density at radius 1 is 1.11 bits per heavy atom. The van der Waals surface area contributed by atoms with Crippen molar-refractivity contribution in [2.24, 2.45) is 0 Å². The Balaban J connectivity index is 1.59. The lowest BCUT2D eigenvalue weighted by Crippen LogP contribution is -2.34. The minimum Gasteiger partial charge on any atom is -0.477 e. The van der Waals surface area contributed by atoms with Crippen molar-refractivity contribution >= 4 is 11.0 Å². The van der Waals surface area contributed by atoms with Gasteiger partial charge in [-0.05, 0) is 50.3 Å².